The van der Waals surface area contributed by atoms with E-state index in [0.717, 1.165) is 57.8 Å². The summed E-state index contributed by atoms with van der Waals surface area (Å²) < 4.78 is 16.6. The Bertz CT molecular complexity index is 964. The maximum absolute atomic E-state index is 12.7. The molecule has 1 unspecified atom stereocenters. The fourth-order valence-electron chi connectivity index (χ4n) is 6.20. The van der Waals surface area contributed by atoms with Crippen LogP contribution >= 0.6 is 0 Å². The number of unbranched alkanes of at least 4 members (excludes halogenated alkanes) is 22. The summed E-state index contributed by atoms with van der Waals surface area (Å²) in [5.74, 6) is -1.03. The molecule has 312 valence electrons. The number of hydrogen-bond donors (Lipinski definition) is 0. The monoisotopic (exact) mass is 757 g/mol. The van der Waals surface area contributed by atoms with E-state index < -0.39 is 12.1 Å². The minimum absolute atomic E-state index is 0.101. The number of esters is 3. The number of hydrogen-bond acceptors (Lipinski definition) is 6. The molecule has 0 aromatic heterocycles. The van der Waals surface area contributed by atoms with Crippen molar-refractivity contribution in [1.82, 2.24) is 0 Å². The molecule has 0 fully saturated rings. The molecule has 0 aliphatic heterocycles. The molecular weight excluding hydrogens is 673 g/mol. The van der Waals surface area contributed by atoms with Gasteiger partial charge in [0.15, 0.2) is 6.10 Å². The zero-order valence-electron chi connectivity index (χ0n) is 35.5. The van der Waals surface area contributed by atoms with Gasteiger partial charge >= 0.3 is 17.9 Å². The Morgan fingerprint density at radius 3 is 1.30 bits per heavy atom. The Hall–Kier alpha value is -2.63. The van der Waals surface area contributed by atoms with Gasteiger partial charge in [-0.1, -0.05) is 191 Å². The van der Waals surface area contributed by atoms with Gasteiger partial charge in [-0.15, -0.1) is 0 Å². The second-order valence-corrected chi connectivity index (χ2v) is 14.9. The van der Waals surface area contributed by atoms with Crippen LogP contribution in [0.1, 0.15) is 220 Å². The van der Waals surface area contributed by atoms with Gasteiger partial charge in [-0.3, -0.25) is 14.4 Å². The molecule has 6 nitrogen and oxygen atoms in total. The van der Waals surface area contributed by atoms with Crippen molar-refractivity contribution in [2.75, 3.05) is 13.2 Å². The van der Waals surface area contributed by atoms with Gasteiger partial charge in [-0.05, 0) is 57.8 Å². The zero-order chi connectivity index (χ0) is 39.4. The number of allylic oxidation sites excluding steroid dienone is 7. The Labute approximate surface area is 333 Å². The lowest BCUT2D eigenvalue weighted by molar-refractivity contribution is -0.166. The van der Waals surface area contributed by atoms with Crippen molar-refractivity contribution in [3.8, 4) is 0 Å². The van der Waals surface area contributed by atoms with E-state index in [1.54, 1.807) is 6.08 Å². The molecule has 0 rings (SSSR count). The Morgan fingerprint density at radius 2 is 0.796 bits per heavy atom. The molecule has 0 aromatic rings. The maximum Gasteiger partial charge on any atom is 0.309 e. The molecule has 6 heteroatoms. The number of rotatable bonds is 40. The first-order valence-electron chi connectivity index (χ1n) is 22.6. The van der Waals surface area contributed by atoms with E-state index in [1.807, 2.05) is 6.08 Å². The third-order valence-electron chi connectivity index (χ3n) is 9.60. The van der Waals surface area contributed by atoms with Gasteiger partial charge in [0.25, 0.3) is 0 Å². The van der Waals surface area contributed by atoms with Gasteiger partial charge in [-0.25, -0.2) is 0 Å². The number of carbonyl (C=O) groups is 3. The highest BCUT2D eigenvalue weighted by atomic mass is 16.6. The van der Waals surface area contributed by atoms with Crippen molar-refractivity contribution < 1.29 is 28.6 Å². The summed E-state index contributed by atoms with van der Waals surface area (Å²) in [7, 11) is 0. The normalized spacial score (nSPS) is 12.4. The van der Waals surface area contributed by atoms with E-state index in [2.05, 4.69) is 57.2 Å². The average molecular weight is 757 g/mol. The number of carbonyl (C=O) groups excluding carboxylic acids is 3. The molecule has 0 amide bonds. The van der Waals surface area contributed by atoms with Gasteiger partial charge in [0.05, 0.1) is 6.42 Å². The van der Waals surface area contributed by atoms with E-state index in [-0.39, 0.29) is 31.6 Å². The van der Waals surface area contributed by atoms with Gasteiger partial charge < -0.3 is 14.2 Å². The molecule has 1 atom stereocenters. The Morgan fingerprint density at radius 1 is 0.407 bits per heavy atom. The molecule has 0 radical (unpaired) electrons. The second-order valence-electron chi connectivity index (χ2n) is 14.9. The fourth-order valence-corrected chi connectivity index (χ4v) is 6.20. The van der Waals surface area contributed by atoms with Crippen LogP contribution in [-0.4, -0.2) is 37.2 Å². The highest BCUT2D eigenvalue weighted by molar-refractivity contribution is 5.72. The van der Waals surface area contributed by atoms with Gasteiger partial charge in [0.2, 0.25) is 0 Å². The lowest BCUT2D eigenvalue weighted by Gasteiger charge is -2.18. The van der Waals surface area contributed by atoms with Crippen LogP contribution in [0.15, 0.2) is 48.6 Å². The lowest BCUT2D eigenvalue weighted by atomic mass is 10.0. The highest BCUT2D eigenvalue weighted by Crippen LogP contribution is 2.14. The molecule has 0 N–H and O–H groups in total. The Kier molecular flexibility index (Phi) is 41.0. The van der Waals surface area contributed by atoms with Crippen LogP contribution in [-0.2, 0) is 28.6 Å². The van der Waals surface area contributed by atoms with E-state index in [4.69, 9.17) is 14.2 Å². The van der Waals surface area contributed by atoms with Gasteiger partial charge in [-0.2, -0.15) is 0 Å². The van der Waals surface area contributed by atoms with Gasteiger partial charge in [0, 0.05) is 12.8 Å². The summed E-state index contributed by atoms with van der Waals surface area (Å²) in [4.78, 5) is 37.6. The summed E-state index contributed by atoms with van der Waals surface area (Å²) in [6, 6.07) is 0. The SMILES string of the molecule is CC/C=C\C/C=C\C/C=C\CC(=O)OCC(COC(=O)CCCCCCCCC/C=C\CCCCCC)OC(=O)CCCCCCCCCCCCCC. The maximum atomic E-state index is 12.7. The fraction of sp³-hybridized carbons (Fsp3) is 0.771. The quantitative estimate of drug-likeness (QED) is 0.0268. The van der Waals surface area contributed by atoms with E-state index in [9.17, 15) is 14.4 Å². The van der Waals surface area contributed by atoms with Crippen LogP contribution in [0, 0.1) is 0 Å². The smallest absolute Gasteiger partial charge is 0.309 e. The van der Waals surface area contributed by atoms with Crippen molar-refractivity contribution >= 4 is 17.9 Å². The van der Waals surface area contributed by atoms with Crippen LogP contribution in [0.25, 0.3) is 0 Å². The number of ether oxygens (including phenoxy) is 3. The first kappa shape index (κ1) is 51.4. The highest BCUT2D eigenvalue weighted by Gasteiger charge is 2.19. The lowest BCUT2D eigenvalue weighted by Crippen LogP contribution is -2.30. The van der Waals surface area contributed by atoms with E-state index in [1.165, 1.54) is 122 Å². The van der Waals surface area contributed by atoms with Crippen LogP contribution in [0.4, 0.5) is 0 Å². The van der Waals surface area contributed by atoms with E-state index >= 15 is 0 Å². The van der Waals surface area contributed by atoms with Crippen LogP contribution in [0.2, 0.25) is 0 Å². The van der Waals surface area contributed by atoms with Crippen LogP contribution in [0.3, 0.4) is 0 Å². The minimum atomic E-state index is -0.804. The van der Waals surface area contributed by atoms with Crippen molar-refractivity contribution in [2.24, 2.45) is 0 Å². The summed E-state index contributed by atoms with van der Waals surface area (Å²) >= 11 is 0. The van der Waals surface area contributed by atoms with Crippen molar-refractivity contribution in [2.45, 2.75) is 226 Å². The predicted molar refractivity (Wildman–Crippen MR) is 229 cm³/mol. The predicted octanol–water partition coefficient (Wildman–Crippen LogP) is 14.4. The molecule has 0 saturated carbocycles. The minimum Gasteiger partial charge on any atom is -0.462 e. The van der Waals surface area contributed by atoms with Gasteiger partial charge in [0.1, 0.15) is 13.2 Å². The van der Waals surface area contributed by atoms with Crippen molar-refractivity contribution in [3.63, 3.8) is 0 Å². The average Bonchev–Trinajstić information content (AvgIpc) is 3.17. The summed E-state index contributed by atoms with van der Waals surface area (Å²) in [5, 5.41) is 0. The molecule has 0 spiro atoms. The van der Waals surface area contributed by atoms with Crippen molar-refractivity contribution in [1.29, 1.82) is 0 Å². The van der Waals surface area contributed by atoms with Crippen LogP contribution in [0.5, 0.6) is 0 Å². The largest absolute Gasteiger partial charge is 0.462 e. The summed E-state index contributed by atoms with van der Waals surface area (Å²) in [5.41, 5.74) is 0. The molecule has 0 aliphatic carbocycles. The topological polar surface area (TPSA) is 78.9 Å². The molecule has 54 heavy (non-hydrogen) atoms. The molecule has 0 saturated heterocycles. The molecule has 0 aromatic carbocycles. The van der Waals surface area contributed by atoms with Crippen molar-refractivity contribution in [3.05, 3.63) is 48.6 Å². The van der Waals surface area contributed by atoms with Crippen LogP contribution < -0.4 is 0 Å². The second kappa shape index (κ2) is 43.1. The summed E-state index contributed by atoms with van der Waals surface area (Å²) in [6.45, 7) is 6.39. The zero-order valence-corrected chi connectivity index (χ0v) is 35.5. The Balaban J connectivity index is 4.40. The molecule has 0 aliphatic rings. The molecular formula is C48H84O6. The standard InChI is InChI=1S/C48H84O6/c1-4-7-10-13-16-19-21-23-24-25-27-29-32-35-38-41-47(50)53-44-45(43-52-46(49)40-37-34-31-28-18-15-12-9-6-3)54-48(51)42-39-36-33-30-26-22-20-17-14-11-8-5-2/h9,12,18-19,21,28,34,37,45H,4-8,10-11,13-17,20,22-27,29-33,35-36,38-44H2,1-3H3/b12-9-,21-19-,28-18-,37-34-. The first-order valence-corrected chi connectivity index (χ1v) is 22.6. The third-order valence-corrected chi connectivity index (χ3v) is 9.60. The summed E-state index contributed by atoms with van der Waals surface area (Å²) in [6.07, 6.45) is 49.8. The van der Waals surface area contributed by atoms with E-state index in [0.29, 0.717) is 12.8 Å². The first-order chi connectivity index (χ1) is 26.5. The molecule has 0 bridgehead atoms. The third kappa shape index (κ3) is 40.6. The molecule has 0 heterocycles.